The van der Waals surface area contributed by atoms with Crippen LogP contribution in [0.1, 0.15) is 19.3 Å². The van der Waals surface area contributed by atoms with E-state index < -0.39 is 0 Å². The Bertz CT molecular complexity index is 826. The molecule has 0 bridgehead atoms. The van der Waals surface area contributed by atoms with E-state index in [1.54, 1.807) is 18.5 Å². The Morgan fingerprint density at radius 2 is 2.11 bits per heavy atom. The minimum absolute atomic E-state index is 0.123. The van der Waals surface area contributed by atoms with Crippen LogP contribution in [0.15, 0.2) is 36.7 Å². The van der Waals surface area contributed by atoms with Crippen molar-refractivity contribution < 1.29 is 4.79 Å². The summed E-state index contributed by atoms with van der Waals surface area (Å²) >= 11 is 0. The molecule has 2 aromatic rings. The van der Waals surface area contributed by atoms with Gasteiger partial charge in [0.2, 0.25) is 0 Å². The molecule has 27 heavy (non-hydrogen) atoms. The molecule has 0 aromatic carbocycles. The van der Waals surface area contributed by atoms with E-state index in [1.807, 2.05) is 23.1 Å². The first-order valence-electron chi connectivity index (χ1n) is 9.46. The van der Waals surface area contributed by atoms with Gasteiger partial charge in [-0.3, -0.25) is 10.3 Å². The van der Waals surface area contributed by atoms with Gasteiger partial charge in [-0.05, 0) is 57.1 Å². The summed E-state index contributed by atoms with van der Waals surface area (Å²) in [6.07, 6.45) is 6.92. The van der Waals surface area contributed by atoms with E-state index >= 15 is 0 Å². The maximum Gasteiger partial charge on any atom is 0.323 e. The summed E-state index contributed by atoms with van der Waals surface area (Å²) < 4.78 is 0. The van der Waals surface area contributed by atoms with Crippen molar-refractivity contribution in [2.75, 3.05) is 44.3 Å². The second kappa shape index (κ2) is 7.15. The Morgan fingerprint density at radius 3 is 2.89 bits per heavy atom. The highest BCUT2D eigenvalue weighted by molar-refractivity contribution is 5.92. The Balaban J connectivity index is 1.47. The summed E-state index contributed by atoms with van der Waals surface area (Å²) in [6, 6.07) is 7.27. The number of urea groups is 1. The molecule has 3 N–H and O–H groups in total. The molecule has 1 spiro atoms. The lowest BCUT2D eigenvalue weighted by atomic mass is 9.79. The molecule has 4 heterocycles. The standard InChI is InChI=1S/C20H26N6O/c1-25-10-3-7-20(13-25)8-11-26(14-20)19(27)24-18-16(21)5-6-17(23-18)15-4-2-9-22-12-15/h2,4-6,9,12H,3,7-8,10-11,13-14,21H2,1H3,(H,23,24,27). The third-order valence-corrected chi connectivity index (χ3v) is 5.69. The number of nitrogens with zero attached hydrogens (tertiary/aromatic N) is 4. The highest BCUT2D eigenvalue weighted by Crippen LogP contribution is 2.38. The topological polar surface area (TPSA) is 87.4 Å². The number of carbonyl (C=O) groups excluding carboxylic acids is 1. The normalized spacial score (nSPS) is 22.9. The van der Waals surface area contributed by atoms with Crippen molar-refractivity contribution >= 4 is 17.5 Å². The van der Waals surface area contributed by atoms with Gasteiger partial charge in [-0.1, -0.05) is 0 Å². The summed E-state index contributed by atoms with van der Waals surface area (Å²) in [5, 5.41) is 2.91. The van der Waals surface area contributed by atoms with Crippen molar-refractivity contribution in [3.05, 3.63) is 36.7 Å². The van der Waals surface area contributed by atoms with Gasteiger partial charge >= 0.3 is 6.03 Å². The van der Waals surface area contributed by atoms with Crippen LogP contribution in [-0.4, -0.2) is 59.0 Å². The summed E-state index contributed by atoms with van der Waals surface area (Å²) in [5.41, 5.74) is 8.37. The van der Waals surface area contributed by atoms with Gasteiger partial charge in [-0.15, -0.1) is 0 Å². The number of nitrogens with one attached hydrogen (secondary N) is 1. The predicted octanol–water partition coefficient (Wildman–Crippen LogP) is 2.68. The molecular weight excluding hydrogens is 340 g/mol. The van der Waals surface area contributed by atoms with Crippen LogP contribution in [0.2, 0.25) is 0 Å². The molecule has 2 fully saturated rings. The molecule has 2 aliphatic rings. The second-order valence-corrected chi connectivity index (χ2v) is 7.82. The van der Waals surface area contributed by atoms with Gasteiger partial charge in [-0.2, -0.15) is 0 Å². The number of amides is 2. The Hall–Kier alpha value is -2.67. The quantitative estimate of drug-likeness (QED) is 0.853. The lowest BCUT2D eigenvalue weighted by Gasteiger charge is -2.38. The fourth-order valence-electron chi connectivity index (χ4n) is 4.32. The van der Waals surface area contributed by atoms with Gasteiger partial charge in [0.15, 0.2) is 5.82 Å². The predicted molar refractivity (Wildman–Crippen MR) is 106 cm³/mol. The molecule has 7 heteroatoms. The van der Waals surface area contributed by atoms with Crippen molar-refractivity contribution in [2.24, 2.45) is 5.41 Å². The first-order chi connectivity index (χ1) is 13.0. The second-order valence-electron chi connectivity index (χ2n) is 7.82. The average Bonchev–Trinajstić information content (AvgIpc) is 3.07. The largest absolute Gasteiger partial charge is 0.396 e. The fourth-order valence-corrected chi connectivity index (χ4v) is 4.32. The Morgan fingerprint density at radius 1 is 1.22 bits per heavy atom. The van der Waals surface area contributed by atoms with E-state index in [-0.39, 0.29) is 11.4 Å². The SMILES string of the molecule is CN1CCCC2(CCN(C(=O)Nc3nc(-c4cccnc4)ccc3N)C2)C1. The third-order valence-electron chi connectivity index (χ3n) is 5.69. The van der Waals surface area contributed by atoms with Gasteiger partial charge in [0.1, 0.15) is 0 Å². The molecular formula is C20H26N6O. The number of hydrogen-bond donors (Lipinski definition) is 2. The van der Waals surface area contributed by atoms with E-state index in [0.29, 0.717) is 11.5 Å². The van der Waals surface area contributed by atoms with Crippen molar-refractivity contribution in [3.63, 3.8) is 0 Å². The number of aromatic nitrogens is 2. The number of nitrogen functional groups attached to an aromatic ring is 1. The summed E-state index contributed by atoms with van der Waals surface area (Å²) in [4.78, 5) is 25.8. The van der Waals surface area contributed by atoms with Crippen molar-refractivity contribution in [1.82, 2.24) is 19.8 Å². The molecule has 7 nitrogen and oxygen atoms in total. The molecule has 1 atom stereocenters. The zero-order valence-electron chi connectivity index (χ0n) is 15.7. The van der Waals surface area contributed by atoms with Gasteiger partial charge in [0.25, 0.3) is 0 Å². The molecule has 0 aliphatic carbocycles. The number of nitrogens with two attached hydrogens (primary N) is 1. The van der Waals surface area contributed by atoms with Gasteiger partial charge in [-0.25, -0.2) is 9.78 Å². The number of rotatable bonds is 2. The highest BCUT2D eigenvalue weighted by atomic mass is 16.2. The Labute approximate surface area is 159 Å². The minimum atomic E-state index is -0.123. The van der Waals surface area contributed by atoms with Crippen LogP contribution in [0.4, 0.5) is 16.3 Å². The molecule has 2 amide bonds. The number of carbonyl (C=O) groups is 1. The maximum absolute atomic E-state index is 12.8. The fraction of sp³-hybridized carbons (Fsp3) is 0.450. The van der Waals surface area contributed by atoms with Crippen molar-refractivity contribution in [2.45, 2.75) is 19.3 Å². The van der Waals surface area contributed by atoms with Gasteiger partial charge in [0.05, 0.1) is 11.4 Å². The molecule has 142 valence electrons. The van der Waals surface area contributed by atoms with Crippen LogP contribution in [0.5, 0.6) is 0 Å². The van der Waals surface area contributed by atoms with Gasteiger partial charge < -0.3 is 15.5 Å². The maximum atomic E-state index is 12.8. The number of pyridine rings is 2. The molecule has 0 saturated carbocycles. The first-order valence-corrected chi connectivity index (χ1v) is 9.46. The molecule has 0 radical (unpaired) electrons. The van der Waals surface area contributed by atoms with E-state index in [1.165, 1.54) is 12.8 Å². The minimum Gasteiger partial charge on any atom is -0.396 e. The Kier molecular flexibility index (Phi) is 4.70. The van der Waals surface area contributed by atoms with Crippen LogP contribution in [0.25, 0.3) is 11.3 Å². The lowest BCUT2D eigenvalue weighted by molar-refractivity contribution is 0.117. The smallest absolute Gasteiger partial charge is 0.323 e. The van der Waals surface area contributed by atoms with Crippen molar-refractivity contribution in [1.29, 1.82) is 0 Å². The van der Waals surface area contributed by atoms with Crippen LogP contribution in [0.3, 0.4) is 0 Å². The van der Waals surface area contributed by atoms with E-state index in [4.69, 9.17) is 5.73 Å². The van der Waals surface area contributed by atoms with Crippen LogP contribution < -0.4 is 11.1 Å². The average molecular weight is 366 g/mol. The summed E-state index contributed by atoms with van der Waals surface area (Å²) in [7, 11) is 2.16. The zero-order chi connectivity index (χ0) is 18.9. The third kappa shape index (κ3) is 3.73. The molecule has 2 aromatic heterocycles. The molecule has 2 aliphatic heterocycles. The molecule has 4 rings (SSSR count). The first kappa shape index (κ1) is 17.7. The van der Waals surface area contributed by atoms with E-state index in [0.717, 1.165) is 43.9 Å². The summed E-state index contributed by atoms with van der Waals surface area (Å²) in [6.45, 7) is 3.79. The van der Waals surface area contributed by atoms with Crippen molar-refractivity contribution in [3.8, 4) is 11.3 Å². The van der Waals surface area contributed by atoms with Gasteiger partial charge in [0, 0.05) is 43.0 Å². The highest BCUT2D eigenvalue weighted by Gasteiger charge is 2.42. The number of anilines is 2. The van der Waals surface area contributed by atoms with E-state index in [9.17, 15) is 4.79 Å². The number of piperidine rings is 1. The van der Waals surface area contributed by atoms with Crippen LogP contribution >= 0.6 is 0 Å². The molecule has 2 saturated heterocycles. The van der Waals surface area contributed by atoms with Crippen LogP contribution in [0, 0.1) is 5.41 Å². The van der Waals surface area contributed by atoms with E-state index in [2.05, 4.69) is 27.2 Å². The lowest BCUT2D eigenvalue weighted by Crippen LogP contribution is -2.44. The molecule has 1 unspecified atom stereocenters. The summed E-state index contributed by atoms with van der Waals surface area (Å²) in [5.74, 6) is 0.406. The monoisotopic (exact) mass is 366 g/mol. The number of likely N-dealkylation sites (tertiary alicyclic amines) is 2. The van der Waals surface area contributed by atoms with Crippen LogP contribution in [-0.2, 0) is 0 Å². The zero-order valence-corrected chi connectivity index (χ0v) is 15.7. The number of hydrogen-bond acceptors (Lipinski definition) is 5.